The molecule has 0 spiro atoms. The molecule has 3 aliphatic rings. The van der Waals surface area contributed by atoms with E-state index < -0.39 is 11.6 Å². The number of amides is 1. The summed E-state index contributed by atoms with van der Waals surface area (Å²) in [4.78, 5) is 30.6. The van der Waals surface area contributed by atoms with Gasteiger partial charge in [0, 0.05) is 72.2 Å². The molecule has 2 aromatic heterocycles. The Bertz CT molecular complexity index is 1770. The number of carbonyl (C=O) groups excluding carboxylic acids is 1. The number of aromatic nitrogens is 4. The van der Waals surface area contributed by atoms with E-state index in [4.69, 9.17) is 21.6 Å². The van der Waals surface area contributed by atoms with Crippen LogP contribution in [0, 0.1) is 11.6 Å². The standard InChI is InChI=1S/C31H33ClF2N8O/c1-5-24(43)41-12-17(3)42(13-16(41)2)30-21-10-22(32)25(26-23(33)9-6-18-11-35-38-28(18)26)27(34)29(21)36-31(37-30)40-14-20(15-40)39(4)19-7-8-19/h5-6,9-11,16-17,19-20H,1,7-8,12-15H2,2-4H3,(H,35,38)/t16-,17+/m1/s1. The number of H-pyrrole nitrogens is 1. The van der Waals surface area contributed by atoms with Gasteiger partial charge >= 0.3 is 0 Å². The molecule has 2 aromatic carbocycles. The molecule has 1 aliphatic carbocycles. The quantitative estimate of drug-likeness (QED) is 0.309. The molecule has 2 saturated heterocycles. The Morgan fingerprint density at radius 3 is 2.58 bits per heavy atom. The van der Waals surface area contributed by atoms with Crippen molar-refractivity contribution in [3.05, 3.63) is 53.7 Å². The third kappa shape index (κ3) is 4.60. The molecule has 7 rings (SSSR count). The molecule has 9 nitrogen and oxygen atoms in total. The largest absolute Gasteiger partial charge is 0.349 e. The van der Waals surface area contributed by atoms with E-state index in [2.05, 4.69) is 38.5 Å². The first-order valence-corrected chi connectivity index (χ1v) is 15.0. The number of aromatic amines is 1. The minimum Gasteiger partial charge on any atom is -0.349 e. The molecule has 2 atom stereocenters. The number of carbonyl (C=O) groups is 1. The monoisotopic (exact) mass is 606 g/mol. The van der Waals surface area contributed by atoms with E-state index in [1.807, 2.05) is 13.8 Å². The zero-order chi connectivity index (χ0) is 30.2. The summed E-state index contributed by atoms with van der Waals surface area (Å²) in [7, 11) is 2.15. The first-order valence-electron chi connectivity index (χ1n) is 14.6. The maximum atomic E-state index is 16.8. The predicted molar refractivity (Wildman–Crippen MR) is 165 cm³/mol. The van der Waals surface area contributed by atoms with Crippen LogP contribution < -0.4 is 9.80 Å². The van der Waals surface area contributed by atoms with Crippen molar-refractivity contribution in [1.82, 2.24) is 30.0 Å². The van der Waals surface area contributed by atoms with Gasteiger partial charge < -0.3 is 14.7 Å². The first kappa shape index (κ1) is 28.0. The molecule has 224 valence electrons. The molecule has 0 bridgehead atoms. The fraction of sp³-hybridized carbons (Fsp3) is 0.419. The normalized spacial score (nSPS) is 21.2. The van der Waals surface area contributed by atoms with Crippen LogP contribution in [0.5, 0.6) is 0 Å². The zero-order valence-corrected chi connectivity index (χ0v) is 25.1. The number of nitrogens with one attached hydrogen (secondary N) is 1. The number of benzene rings is 2. The van der Waals surface area contributed by atoms with E-state index in [0.29, 0.717) is 53.2 Å². The smallest absolute Gasteiger partial charge is 0.246 e. The third-order valence-corrected chi connectivity index (χ3v) is 9.53. The van der Waals surface area contributed by atoms with Crippen LogP contribution in [0.4, 0.5) is 20.5 Å². The van der Waals surface area contributed by atoms with Crippen LogP contribution in [0.2, 0.25) is 5.02 Å². The van der Waals surface area contributed by atoms with Crippen molar-refractivity contribution in [3.63, 3.8) is 0 Å². The number of anilines is 2. The second-order valence-electron chi connectivity index (χ2n) is 12.0. The van der Waals surface area contributed by atoms with Crippen LogP contribution in [0.3, 0.4) is 0 Å². The van der Waals surface area contributed by atoms with Crippen molar-refractivity contribution in [2.45, 2.75) is 50.9 Å². The van der Waals surface area contributed by atoms with E-state index in [1.165, 1.54) is 25.0 Å². The van der Waals surface area contributed by atoms with Gasteiger partial charge in [-0.2, -0.15) is 10.1 Å². The number of hydrogen-bond donors (Lipinski definition) is 1. The van der Waals surface area contributed by atoms with Gasteiger partial charge in [-0.05, 0) is 58.0 Å². The highest BCUT2D eigenvalue weighted by Crippen LogP contribution is 2.43. The fourth-order valence-corrected chi connectivity index (χ4v) is 6.78. The van der Waals surface area contributed by atoms with E-state index in [1.54, 1.807) is 23.2 Å². The number of fused-ring (bicyclic) bond motifs is 2. The Morgan fingerprint density at radius 1 is 1.09 bits per heavy atom. The lowest BCUT2D eigenvalue weighted by atomic mass is 9.99. The second kappa shape index (κ2) is 10.4. The topological polar surface area (TPSA) is 84.5 Å². The molecule has 0 radical (unpaired) electrons. The fourth-order valence-electron chi connectivity index (χ4n) is 6.49. The summed E-state index contributed by atoms with van der Waals surface area (Å²) >= 11 is 6.78. The second-order valence-corrected chi connectivity index (χ2v) is 12.5. The molecule has 4 aromatic rings. The molecule has 4 heterocycles. The van der Waals surface area contributed by atoms with Crippen LogP contribution in [-0.4, -0.2) is 93.3 Å². The van der Waals surface area contributed by atoms with Crippen LogP contribution in [0.1, 0.15) is 26.7 Å². The highest BCUT2D eigenvalue weighted by molar-refractivity contribution is 6.35. The lowest BCUT2D eigenvalue weighted by molar-refractivity contribution is -0.128. The van der Waals surface area contributed by atoms with Gasteiger partial charge in [-0.3, -0.25) is 14.8 Å². The van der Waals surface area contributed by atoms with Gasteiger partial charge in [-0.1, -0.05) is 18.2 Å². The summed E-state index contributed by atoms with van der Waals surface area (Å²) in [5.41, 5.74) is 0.359. The summed E-state index contributed by atoms with van der Waals surface area (Å²) in [6.07, 6.45) is 5.32. The van der Waals surface area contributed by atoms with Gasteiger partial charge in [0.25, 0.3) is 0 Å². The molecular weight excluding hydrogens is 574 g/mol. The Morgan fingerprint density at radius 2 is 1.86 bits per heavy atom. The summed E-state index contributed by atoms with van der Waals surface area (Å²) in [6.45, 7) is 10.0. The number of piperazine rings is 1. The van der Waals surface area contributed by atoms with Crippen molar-refractivity contribution in [3.8, 4) is 11.1 Å². The Labute approximate surface area is 253 Å². The van der Waals surface area contributed by atoms with Crippen molar-refractivity contribution < 1.29 is 13.6 Å². The van der Waals surface area contributed by atoms with E-state index in [9.17, 15) is 4.79 Å². The van der Waals surface area contributed by atoms with Gasteiger partial charge in [0.05, 0.1) is 16.7 Å². The average molecular weight is 607 g/mol. The molecule has 0 unspecified atom stereocenters. The van der Waals surface area contributed by atoms with Gasteiger partial charge in [0.2, 0.25) is 11.9 Å². The van der Waals surface area contributed by atoms with Gasteiger partial charge in [-0.25, -0.2) is 13.8 Å². The van der Waals surface area contributed by atoms with Crippen molar-refractivity contribution >= 4 is 51.1 Å². The van der Waals surface area contributed by atoms with Gasteiger partial charge in [-0.15, -0.1) is 0 Å². The maximum absolute atomic E-state index is 16.8. The summed E-state index contributed by atoms with van der Waals surface area (Å²) in [5.74, 6) is -0.518. The van der Waals surface area contributed by atoms with Crippen LogP contribution in [0.15, 0.2) is 37.1 Å². The summed E-state index contributed by atoms with van der Waals surface area (Å²) in [6, 6.07) is 5.23. The predicted octanol–water partition coefficient (Wildman–Crippen LogP) is 5.00. The van der Waals surface area contributed by atoms with E-state index in [0.717, 1.165) is 13.1 Å². The third-order valence-electron chi connectivity index (χ3n) is 9.23. The average Bonchev–Trinajstić information content (AvgIpc) is 3.71. The summed E-state index contributed by atoms with van der Waals surface area (Å²) < 4.78 is 32.1. The van der Waals surface area contributed by atoms with Crippen LogP contribution in [0.25, 0.3) is 32.9 Å². The first-order chi connectivity index (χ1) is 20.7. The Kier molecular flexibility index (Phi) is 6.77. The van der Waals surface area contributed by atoms with E-state index >= 15 is 8.78 Å². The lowest BCUT2D eigenvalue weighted by Gasteiger charge is -2.46. The molecule has 3 fully saturated rings. The summed E-state index contributed by atoms with van der Waals surface area (Å²) in [5, 5.41) is 7.93. The number of likely N-dealkylation sites (N-methyl/N-ethyl adjacent to an activating group) is 1. The minimum atomic E-state index is -0.721. The number of nitrogens with zero attached hydrogens (tertiary/aromatic N) is 7. The lowest BCUT2D eigenvalue weighted by Crippen LogP contribution is -2.60. The SMILES string of the molecule is C=CC(=O)N1C[C@H](C)N(c2nc(N3CC(N(C)C4CC4)C3)nc3c(F)c(-c4c(F)ccc5cn[nH]c45)c(Cl)cc23)C[C@H]1C. The molecule has 43 heavy (non-hydrogen) atoms. The molecule has 1 saturated carbocycles. The Hall–Kier alpha value is -3.83. The van der Waals surface area contributed by atoms with Crippen LogP contribution in [-0.2, 0) is 4.79 Å². The zero-order valence-electron chi connectivity index (χ0n) is 24.3. The molecule has 12 heteroatoms. The molecule has 2 aliphatic heterocycles. The highest BCUT2D eigenvalue weighted by atomic mass is 35.5. The maximum Gasteiger partial charge on any atom is 0.246 e. The van der Waals surface area contributed by atoms with Crippen LogP contribution >= 0.6 is 11.6 Å². The van der Waals surface area contributed by atoms with Crippen molar-refractivity contribution in [1.29, 1.82) is 0 Å². The van der Waals surface area contributed by atoms with Crippen molar-refractivity contribution in [2.24, 2.45) is 0 Å². The Balaban J connectivity index is 1.37. The minimum absolute atomic E-state index is 0.00901. The highest BCUT2D eigenvalue weighted by Gasteiger charge is 2.40. The van der Waals surface area contributed by atoms with E-state index in [-0.39, 0.29) is 39.7 Å². The van der Waals surface area contributed by atoms with Gasteiger partial charge in [0.15, 0.2) is 5.82 Å². The number of hydrogen-bond acceptors (Lipinski definition) is 7. The number of rotatable bonds is 6. The molecule has 1 amide bonds. The molecular formula is C31H33ClF2N8O. The number of halogens is 3. The van der Waals surface area contributed by atoms with Gasteiger partial charge in [0.1, 0.15) is 17.2 Å². The van der Waals surface area contributed by atoms with Crippen molar-refractivity contribution in [2.75, 3.05) is 43.0 Å². The molecule has 1 N–H and O–H groups in total.